The first-order chi connectivity index (χ1) is 13.0. The smallest absolute Gasteiger partial charge is 0.306 e. The van der Waals surface area contributed by atoms with E-state index in [2.05, 4.69) is 47.8 Å². The van der Waals surface area contributed by atoms with Gasteiger partial charge in [-0.05, 0) is 63.2 Å². The van der Waals surface area contributed by atoms with E-state index in [-0.39, 0.29) is 22.6 Å². The first kappa shape index (κ1) is 21.5. The van der Waals surface area contributed by atoms with Gasteiger partial charge in [-0.25, -0.2) is 0 Å². The Kier molecular flexibility index (Phi) is 5.53. The molecule has 0 aromatic carbocycles. The van der Waals surface area contributed by atoms with Gasteiger partial charge >= 0.3 is 5.97 Å². The lowest BCUT2D eigenvalue weighted by molar-refractivity contribution is -0.151. The molecule has 0 amide bonds. The molecule has 0 aromatic rings. The van der Waals surface area contributed by atoms with E-state index in [1.165, 1.54) is 25.7 Å². The van der Waals surface area contributed by atoms with Crippen molar-refractivity contribution in [2.75, 3.05) is 0 Å². The summed E-state index contributed by atoms with van der Waals surface area (Å²) in [5.74, 6) is 2.00. The molecule has 0 radical (unpaired) electrons. The van der Waals surface area contributed by atoms with E-state index in [1.807, 2.05) is 6.08 Å². The zero-order valence-corrected chi connectivity index (χ0v) is 18.7. The maximum Gasteiger partial charge on any atom is 0.306 e. The van der Waals surface area contributed by atoms with Gasteiger partial charge in [0.05, 0.1) is 12.2 Å². The van der Waals surface area contributed by atoms with E-state index >= 15 is 0 Å². The lowest BCUT2D eigenvalue weighted by Crippen LogP contribution is -2.45. The second kappa shape index (κ2) is 7.22. The summed E-state index contributed by atoms with van der Waals surface area (Å²) in [4.78, 5) is 11.4. The molecule has 2 aliphatic carbocycles. The zero-order valence-electron chi connectivity index (χ0n) is 18.7. The summed E-state index contributed by atoms with van der Waals surface area (Å²) in [6.07, 6.45) is 12.1. The molecule has 3 nitrogen and oxygen atoms in total. The molecule has 2 saturated heterocycles. The van der Waals surface area contributed by atoms with Gasteiger partial charge in [-0.2, -0.15) is 0 Å². The second-order valence-corrected chi connectivity index (χ2v) is 10.7. The van der Waals surface area contributed by atoms with Crippen molar-refractivity contribution in [2.24, 2.45) is 22.7 Å². The Labute approximate surface area is 171 Å². The number of hydrogen-bond acceptors (Lipinski definition) is 3. The molecule has 28 heavy (non-hydrogen) atoms. The van der Waals surface area contributed by atoms with Crippen LogP contribution in [0.15, 0.2) is 25.0 Å². The maximum atomic E-state index is 11.4. The summed E-state index contributed by atoms with van der Waals surface area (Å²) in [5, 5.41) is 0. The fourth-order valence-corrected chi connectivity index (χ4v) is 6.69. The van der Waals surface area contributed by atoms with Gasteiger partial charge in [-0.15, -0.1) is 6.58 Å². The van der Waals surface area contributed by atoms with Crippen molar-refractivity contribution < 1.29 is 14.3 Å². The number of fused-ring (bicyclic) bond motifs is 2. The summed E-state index contributed by atoms with van der Waals surface area (Å²) in [5.41, 5.74) is 0.434. The number of hydrogen-bond donors (Lipinski definition) is 0. The predicted molar refractivity (Wildman–Crippen MR) is 114 cm³/mol. The van der Waals surface area contributed by atoms with Crippen LogP contribution in [0.5, 0.6) is 0 Å². The summed E-state index contributed by atoms with van der Waals surface area (Å²) in [7, 11) is 0. The molecule has 0 aromatic heterocycles. The number of ether oxygens (including phenoxy) is 2. The highest BCUT2D eigenvalue weighted by Crippen LogP contribution is 2.56. The van der Waals surface area contributed by atoms with E-state index in [0.717, 1.165) is 31.4 Å². The van der Waals surface area contributed by atoms with E-state index in [0.29, 0.717) is 23.7 Å². The number of carbonyl (C=O) groups excluding carboxylic acids is 1. The first-order valence-electron chi connectivity index (χ1n) is 11.2. The number of allylic oxidation sites excluding steroid dienone is 2. The molecule has 4 rings (SSSR count). The van der Waals surface area contributed by atoms with E-state index in [9.17, 15) is 4.79 Å². The largest absolute Gasteiger partial charge is 0.492 e. The van der Waals surface area contributed by atoms with Crippen LogP contribution in [0.25, 0.3) is 0 Å². The lowest BCUT2D eigenvalue weighted by atomic mass is 9.60. The average molecular weight is 389 g/mol. The zero-order chi connectivity index (χ0) is 20.8. The van der Waals surface area contributed by atoms with E-state index < -0.39 is 0 Å². The monoisotopic (exact) mass is 388 g/mol. The highest BCUT2D eigenvalue weighted by Gasteiger charge is 2.55. The molecule has 2 unspecified atom stereocenters. The van der Waals surface area contributed by atoms with Crippen LogP contribution in [0.1, 0.15) is 92.4 Å². The van der Waals surface area contributed by atoms with Crippen molar-refractivity contribution in [2.45, 2.75) is 104 Å². The van der Waals surface area contributed by atoms with Crippen LogP contribution in [-0.4, -0.2) is 17.2 Å². The second-order valence-electron chi connectivity index (χ2n) is 10.7. The SMILES string of the molecule is C=C1CC2[C@@](C)(CC)CCC[C@]2(C)O1.C=C[C@@]1(C)CCC[C@]2(C)OC(=O)CC12. The molecule has 6 atom stereocenters. The predicted octanol–water partition coefficient (Wildman–Crippen LogP) is 6.58. The Morgan fingerprint density at radius 1 is 0.964 bits per heavy atom. The minimum absolute atomic E-state index is 0.0347. The minimum Gasteiger partial charge on any atom is -0.492 e. The van der Waals surface area contributed by atoms with Gasteiger partial charge in [-0.1, -0.05) is 39.8 Å². The van der Waals surface area contributed by atoms with Gasteiger partial charge in [0, 0.05) is 18.3 Å². The first-order valence-corrected chi connectivity index (χ1v) is 11.2. The minimum atomic E-state index is -0.224. The fraction of sp³-hybridized carbons (Fsp3) is 0.800. The van der Waals surface area contributed by atoms with Crippen LogP contribution in [0.2, 0.25) is 0 Å². The van der Waals surface area contributed by atoms with Gasteiger partial charge in [-0.3, -0.25) is 4.79 Å². The molecule has 158 valence electrons. The quantitative estimate of drug-likeness (QED) is 0.396. The number of esters is 1. The molecule has 2 aliphatic heterocycles. The molecule has 2 saturated carbocycles. The third-order valence-electron chi connectivity index (χ3n) is 8.72. The van der Waals surface area contributed by atoms with Gasteiger partial charge in [0.2, 0.25) is 0 Å². The fourth-order valence-electron chi connectivity index (χ4n) is 6.69. The third kappa shape index (κ3) is 3.55. The van der Waals surface area contributed by atoms with Crippen molar-refractivity contribution in [1.29, 1.82) is 0 Å². The Morgan fingerprint density at radius 2 is 1.57 bits per heavy atom. The summed E-state index contributed by atoms with van der Waals surface area (Å²) >= 11 is 0. The van der Waals surface area contributed by atoms with Crippen molar-refractivity contribution in [1.82, 2.24) is 0 Å². The van der Waals surface area contributed by atoms with Gasteiger partial charge in [0.25, 0.3) is 0 Å². The Hall–Kier alpha value is -1.25. The van der Waals surface area contributed by atoms with Crippen LogP contribution in [-0.2, 0) is 14.3 Å². The van der Waals surface area contributed by atoms with Crippen molar-refractivity contribution in [3.05, 3.63) is 25.0 Å². The van der Waals surface area contributed by atoms with Crippen LogP contribution >= 0.6 is 0 Å². The maximum absolute atomic E-state index is 11.4. The Morgan fingerprint density at radius 3 is 2.18 bits per heavy atom. The molecular weight excluding hydrogens is 348 g/mol. The molecule has 2 heterocycles. The summed E-state index contributed by atoms with van der Waals surface area (Å²) in [6, 6.07) is 0. The molecular formula is C25H40O3. The number of rotatable bonds is 2. The Bertz CT molecular complexity index is 654. The average Bonchev–Trinajstić information content (AvgIpc) is 3.12. The molecule has 0 bridgehead atoms. The molecule has 3 heteroatoms. The normalized spacial score (nSPS) is 47.2. The van der Waals surface area contributed by atoms with Crippen LogP contribution in [0, 0.1) is 22.7 Å². The number of carbonyl (C=O) groups is 1. The van der Waals surface area contributed by atoms with E-state index in [1.54, 1.807) is 0 Å². The molecule has 0 N–H and O–H groups in total. The van der Waals surface area contributed by atoms with Gasteiger partial charge in [0.15, 0.2) is 0 Å². The van der Waals surface area contributed by atoms with Crippen molar-refractivity contribution in [3.63, 3.8) is 0 Å². The molecule has 4 aliphatic rings. The standard InChI is InChI=1S/C13H22O.C12H18O2/c1-5-12(3)7-6-8-13(4)11(12)9-10(2)14-13;1-4-11(2)6-5-7-12(3)9(11)8-10(13)14-12/h11H,2,5-9H2,1,3-4H3;4,9H,1,5-8H2,2-3H3/t11?,12-,13-;9?,11-,12-/m00/s1. The van der Waals surface area contributed by atoms with Crippen LogP contribution in [0.4, 0.5) is 0 Å². The van der Waals surface area contributed by atoms with Crippen LogP contribution < -0.4 is 0 Å². The molecule has 4 fully saturated rings. The highest BCUT2D eigenvalue weighted by molar-refractivity contribution is 5.73. The third-order valence-corrected chi connectivity index (χ3v) is 8.72. The topological polar surface area (TPSA) is 35.5 Å². The lowest BCUT2D eigenvalue weighted by Gasteiger charge is -2.47. The summed E-state index contributed by atoms with van der Waals surface area (Å²) in [6.45, 7) is 19.2. The van der Waals surface area contributed by atoms with Crippen molar-refractivity contribution >= 4 is 5.97 Å². The van der Waals surface area contributed by atoms with Gasteiger partial charge < -0.3 is 9.47 Å². The van der Waals surface area contributed by atoms with Crippen molar-refractivity contribution in [3.8, 4) is 0 Å². The highest BCUT2D eigenvalue weighted by atomic mass is 16.6. The van der Waals surface area contributed by atoms with Crippen LogP contribution in [0.3, 0.4) is 0 Å². The van der Waals surface area contributed by atoms with E-state index in [4.69, 9.17) is 9.47 Å². The van der Waals surface area contributed by atoms with Gasteiger partial charge in [0.1, 0.15) is 11.2 Å². The summed E-state index contributed by atoms with van der Waals surface area (Å²) < 4.78 is 11.4. The Balaban J connectivity index is 0.000000161. The molecule has 0 spiro atoms.